The lowest BCUT2D eigenvalue weighted by Gasteiger charge is -2.44. The summed E-state index contributed by atoms with van der Waals surface area (Å²) in [5.74, 6) is -0.202. The molecule has 3 aromatic carbocycles. The predicted molar refractivity (Wildman–Crippen MR) is 176 cm³/mol. The number of carbonyl (C=O) groups excluding carboxylic acids is 2. The molecule has 4 nitrogen and oxygen atoms in total. The second-order valence-corrected chi connectivity index (χ2v) is 12.7. The lowest BCUT2D eigenvalue weighted by Crippen LogP contribution is -2.42. The highest BCUT2D eigenvalue weighted by Crippen LogP contribution is 2.51. The standard InChI is InChI=1S/C39H52O4/c1-7-9-25-43-36(40)31(4)27-38(5,37(41)42-6)29-39(34-21-15-11-16-22-34,35-23-17-12-18-24-35)28-33(26-30(3)8-2)32-19-13-10-14-20-32/h10-24,30-31,33H,7-9,25-29H2,1-6H3. The Kier molecular flexibility index (Phi) is 13.0. The monoisotopic (exact) mass is 584 g/mol. The molecule has 232 valence electrons. The minimum absolute atomic E-state index is 0.257. The number of rotatable bonds is 17. The Hall–Kier alpha value is -3.40. The van der Waals surface area contributed by atoms with Gasteiger partial charge in [-0.2, -0.15) is 0 Å². The summed E-state index contributed by atoms with van der Waals surface area (Å²) < 4.78 is 11.1. The van der Waals surface area contributed by atoms with Gasteiger partial charge in [0.15, 0.2) is 0 Å². The maximum Gasteiger partial charge on any atom is 0.311 e. The summed E-state index contributed by atoms with van der Waals surface area (Å²) in [4.78, 5) is 26.9. The van der Waals surface area contributed by atoms with Crippen LogP contribution in [-0.4, -0.2) is 25.7 Å². The Morgan fingerprint density at radius 3 is 1.81 bits per heavy atom. The SMILES string of the molecule is CCCCOC(=O)C(C)CC(C)(CC(CC(CC(C)CC)c1ccccc1)(c1ccccc1)c1ccccc1)C(=O)OC. The van der Waals surface area contributed by atoms with Crippen molar-refractivity contribution in [2.45, 2.75) is 90.9 Å². The van der Waals surface area contributed by atoms with E-state index in [0.717, 1.165) is 32.1 Å². The van der Waals surface area contributed by atoms with Gasteiger partial charge < -0.3 is 9.47 Å². The van der Waals surface area contributed by atoms with Crippen molar-refractivity contribution in [3.63, 3.8) is 0 Å². The highest BCUT2D eigenvalue weighted by molar-refractivity contribution is 5.79. The van der Waals surface area contributed by atoms with Gasteiger partial charge in [0.25, 0.3) is 0 Å². The average Bonchev–Trinajstić information content (AvgIpc) is 3.04. The number of ether oxygens (including phenoxy) is 2. The first-order valence-corrected chi connectivity index (χ1v) is 16.1. The number of esters is 2. The number of unbranched alkanes of at least 4 members (excludes halogenated alkanes) is 1. The van der Waals surface area contributed by atoms with Crippen LogP contribution in [0.3, 0.4) is 0 Å². The van der Waals surface area contributed by atoms with E-state index in [9.17, 15) is 9.59 Å². The Labute approximate surface area is 260 Å². The quantitative estimate of drug-likeness (QED) is 0.117. The molecule has 0 spiro atoms. The second-order valence-electron chi connectivity index (χ2n) is 12.7. The lowest BCUT2D eigenvalue weighted by atomic mass is 9.59. The van der Waals surface area contributed by atoms with Gasteiger partial charge >= 0.3 is 11.9 Å². The van der Waals surface area contributed by atoms with E-state index in [1.54, 1.807) is 0 Å². The first-order chi connectivity index (χ1) is 20.7. The van der Waals surface area contributed by atoms with E-state index >= 15 is 0 Å². The van der Waals surface area contributed by atoms with Crippen molar-refractivity contribution in [3.8, 4) is 0 Å². The molecule has 0 N–H and O–H groups in total. The normalized spacial score (nSPS) is 15.1. The molecule has 0 heterocycles. The molecule has 0 bridgehead atoms. The fourth-order valence-electron chi connectivity index (χ4n) is 6.69. The molecule has 3 rings (SSSR count). The molecule has 0 aromatic heterocycles. The molecule has 43 heavy (non-hydrogen) atoms. The molecule has 4 unspecified atom stereocenters. The molecule has 4 heteroatoms. The fourth-order valence-corrected chi connectivity index (χ4v) is 6.69. The number of carbonyl (C=O) groups is 2. The van der Waals surface area contributed by atoms with Gasteiger partial charge in [0.2, 0.25) is 0 Å². The van der Waals surface area contributed by atoms with E-state index in [1.165, 1.54) is 23.8 Å². The van der Waals surface area contributed by atoms with Crippen molar-refractivity contribution in [3.05, 3.63) is 108 Å². The molecule has 0 radical (unpaired) electrons. The molecule has 4 atom stereocenters. The summed E-state index contributed by atoms with van der Waals surface area (Å²) in [5, 5.41) is 0. The Morgan fingerprint density at radius 1 is 0.791 bits per heavy atom. The number of benzene rings is 3. The third-order valence-corrected chi connectivity index (χ3v) is 9.17. The highest BCUT2D eigenvalue weighted by atomic mass is 16.5. The summed E-state index contributed by atoms with van der Waals surface area (Å²) in [6.45, 7) is 10.9. The highest BCUT2D eigenvalue weighted by Gasteiger charge is 2.48. The minimum Gasteiger partial charge on any atom is -0.469 e. The van der Waals surface area contributed by atoms with Crippen molar-refractivity contribution in [2.75, 3.05) is 13.7 Å². The zero-order chi connectivity index (χ0) is 31.3. The summed E-state index contributed by atoms with van der Waals surface area (Å²) in [6, 6.07) is 32.0. The molecular formula is C39H52O4. The van der Waals surface area contributed by atoms with E-state index in [4.69, 9.17) is 9.47 Å². The van der Waals surface area contributed by atoms with Crippen molar-refractivity contribution in [1.29, 1.82) is 0 Å². The maximum atomic E-state index is 13.8. The largest absolute Gasteiger partial charge is 0.469 e. The van der Waals surface area contributed by atoms with Crippen LogP contribution < -0.4 is 0 Å². The first kappa shape index (κ1) is 34.1. The van der Waals surface area contributed by atoms with Crippen LogP contribution in [0, 0.1) is 17.3 Å². The zero-order valence-corrected chi connectivity index (χ0v) is 27.2. The lowest BCUT2D eigenvalue weighted by molar-refractivity contribution is -0.157. The van der Waals surface area contributed by atoms with Crippen molar-refractivity contribution in [1.82, 2.24) is 0 Å². The van der Waals surface area contributed by atoms with Crippen LogP contribution in [0.4, 0.5) is 0 Å². The van der Waals surface area contributed by atoms with Crippen molar-refractivity contribution < 1.29 is 19.1 Å². The van der Waals surface area contributed by atoms with Gasteiger partial charge in [-0.05, 0) is 67.6 Å². The van der Waals surface area contributed by atoms with Crippen LogP contribution in [0.5, 0.6) is 0 Å². The molecule has 0 saturated heterocycles. The molecular weight excluding hydrogens is 532 g/mol. The molecule has 0 saturated carbocycles. The van der Waals surface area contributed by atoms with E-state index in [1.807, 2.05) is 26.0 Å². The van der Waals surface area contributed by atoms with Gasteiger partial charge in [-0.1, -0.05) is 132 Å². The Morgan fingerprint density at radius 2 is 1.33 bits per heavy atom. The Balaban J connectivity index is 2.20. The van der Waals surface area contributed by atoms with Crippen molar-refractivity contribution >= 4 is 11.9 Å². The van der Waals surface area contributed by atoms with Crippen LogP contribution in [0.2, 0.25) is 0 Å². The number of hydrogen-bond donors (Lipinski definition) is 0. The van der Waals surface area contributed by atoms with Gasteiger partial charge in [0.05, 0.1) is 25.0 Å². The summed E-state index contributed by atoms with van der Waals surface area (Å²) in [7, 11) is 1.45. The first-order valence-electron chi connectivity index (χ1n) is 16.1. The van der Waals surface area contributed by atoms with Crippen LogP contribution in [0.1, 0.15) is 102 Å². The summed E-state index contributed by atoms with van der Waals surface area (Å²) >= 11 is 0. The smallest absolute Gasteiger partial charge is 0.311 e. The molecule has 0 amide bonds. The zero-order valence-electron chi connectivity index (χ0n) is 27.2. The molecule has 0 fully saturated rings. The summed E-state index contributed by atoms with van der Waals surface area (Å²) in [6.07, 6.45) is 5.58. The predicted octanol–water partition coefficient (Wildman–Crippen LogP) is 9.52. The molecule has 3 aromatic rings. The van der Waals surface area contributed by atoms with Gasteiger partial charge in [-0.25, -0.2) is 0 Å². The van der Waals surface area contributed by atoms with Gasteiger partial charge in [-0.3, -0.25) is 9.59 Å². The minimum atomic E-state index is -0.943. The molecule has 0 aliphatic carbocycles. The third kappa shape index (κ3) is 9.05. The molecule has 0 aliphatic heterocycles. The van der Waals surface area contributed by atoms with Crippen LogP contribution >= 0.6 is 0 Å². The average molecular weight is 585 g/mol. The second kappa shape index (κ2) is 16.4. The van der Waals surface area contributed by atoms with Crippen LogP contribution in [0.15, 0.2) is 91.0 Å². The third-order valence-electron chi connectivity index (χ3n) is 9.17. The Bertz CT molecular complexity index is 1200. The van der Waals surface area contributed by atoms with Crippen LogP contribution in [0.25, 0.3) is 0 Å². The van der Waals surface area contributed by atoms with Gasteiger partial charge in [0, 0.05) is 5.41 Å². The molecule has 0 aliphatic rings. The van der Waals surface area contributed by atoms with E-state index < -0.39 is 16.7 Å². The van der Waals surface area contributed by atoms with Crippen LogP contribution in [-0.2, 0) is 24.5 Å². The summed E-state index contributed by atoms with van der Waals surface area (Å²) in [5.41, 5.74) is 2.18. The number of hydrogen-bond acceptors (Lipinski definition) is 4. The van der Waals surface area contributed by atoms with Gasteiger partial charge in [0.1, 0.15) is 0 Å². The topological polar surface area (TPSA) is 52.6 Å². The van der Waals surface area contributed by atoms with E-state index in [-0.39, 0.29) is 17.9 Å². The van der Waals surface area contributed by atoms with Gasteiger partial charge in [-0.15, -0.1) is 0 Å². The van der Waals surface area contributed by atoms with E-state index in [0.29, 0.717) is 25.4 Å². The van der Waals surface area contributed by atoms with Crippen molar-refractivity contribution in [2.24, 2.45) is 17.3 Å². The fraction of sp³-hybridized carbons (Fsp3) is 0.487. The number of methoxy groups -OCH3 is 1. The van der Waals surface area contributed by atoms with E-state index in [2.05, 4.69) is 99.6 Å². The maximum absolute atomic E-state index is 13.8.